The second kappa shape index (κ2) is 13.6. The van der Waals surface area contributed by atoms with Gasteiger partial charge < -0.3 is 14.5 Å². The summed E-state index contributed by atoms with van der Waals surface area (Å²) in [5.41, 5.74) is 3.74. The normalized spacial score (nSPS) is 15.5. The van der Waals surface area contributed by atoms with Crippen molar-refractivity contribution in [2.45, 2.75) is 18.8 Å². The Morgan fingerprint density at radius 3 is 2.52 bits per heavy atom. The van der Waals surface area contributed by atoms with Crippen LogP contribution in [0.5, 0.6) is 0 Å². The molecule has 1 amide bonds. The van der Waals surface area contributed by atoms with Gasteiger partial charge in [0.25, 0.3) is 5.91 Å². The lowest BCUT2D eigenvalue weighted by Crippen LogP contribution is -2.48. The van der Waals surface area contributed by atoms with Crippen LogP contribution in [-0.2, 0) is 21.3 Å². The fourth-order valence-electron chi connectivity index (χ4n) is 7.13. The molecule has 56 heavy (non-hydrogen) atoms. The Bertz CT molecular complexity index is 2880. The number of aromatic nitrogens is 3. The topological polar surface area (TPSA) is 146 Å². The molecule has 3 aromatic carbocycles. The summed E-state index contributed by atoms with van der Waals surface area (Å²) in [5.74, 6) is -0.432. The Balaban J connectivity index is 1.37. The first kappa shape index (κ1) is 36.9. The largest absolute Gasteiger partial charge is 0.455 e. The number of amides is 1. The maximum atomic E-state index is 13.9. The zero-order chi connectivity index (χ0) is 39.7. The Morgan fingerprint density at radius 2 is 1.82 bits per heavy atom. The number of hydrogen-bond acceptors (Lipinski definition) is 9. The van der Waals surface area contributed by atoms with E-state index < -0.39 is 40.6 Å². The number of furan rings is 1. The molecule has 17 heteroatoms. The number of morpholine rings is 1. The molecule has 1 N–H and O–H groups in total. The summed E-state index contributed by atoms with van der Waals surface area (Å²) in [6, 6.07) is 20.9. The number of anilines is 1. The van der Waals surface area contributed by atoms with Crippen LogP contribution < -0.4 is 9.62 Å². The second-order valence-electron chi connectivity index (χ2n) is 13.4. The highest BCUT2D eigenvalue weighted by atomic mass is 32.2. The number of fused-ring (bicyclic) bond motifs is 6. The average Bonchev–Trinajstić information content (AvgIpc) is 3.76. The van der Waals surface area contributed by atoms with Crippen LogP contribution in [0.4, 0.5) is 23.2 Å². The monoisotopic (exact) mass is 785 g/mol. The summed E-state index contributed by atoms with van der Waals surface area (Å²) >= 11 is 0. The molecule has 12 nitrogen and oxygen atoms in total. The van der Waals surface area contributed by atoms with Crippen LogP contribution in [-0.4, -0.2) is 85.9 Å². The van der Waals surface area contributed by atoms with Crippen molar-refractivity contribution in [1.82, 2.24) is 24.6 Å². The van der Waals surface area contributed by atoms with Crippen LogP contribution in [0, 0.1) is 17.1 Å². The fourth-order valence-corrected chi connectivity index (χ4v) is 7.64. The number of carbonyl (C=O) groups excluding carboxylic acids is 1. The lowest BCUT2D eigenvalue weighted by Gasteiger charge is -2.33. The molecule has 286 valence electrons. The van der Waals surface area contributed by atoms with E-state index >= 15 is 0 Å². The zero-order valence-corrected chi connectivity index (χ0v) is 30.8. The summed E-state index contributed by atoms with van der Waals surface area (Å²) in [6.07, 6.45) is -5.46. The van der Waals surface area contributed by atoms with Crippen molar-refractivity contribution in [2.24, 2.45) is 0 Å². The highest BCUT2D eigenvalue weighted by Gasteiger charge is 2.43. The molecule has 0 radical (unpaired) electrons. The third-order valence-electron chi connectivity index (χ3n) is 9.95. The van der Waals surface area contributed by atoms with E-state index in [4.69, 9.17) is 19.1 Å². The standard InChI is InChI=1S/C39H31F4N7O5S/c1-45-38(51)35-26-15-25(30(48(2)56(3,52)53)17-32(26)55-37(35)21-7-9-23(40)10-8-21)27-11-12-28-36(47-27)31-16-24-22(18-44)5-4-6-29(24)50(31)34(46-28)20-49-13-14-54-33(19-49)39(41,42)43/h4-12,15-17,33H,13-14,19-20H2,1-3H3,(H,45,51). The molecule has 1 aliphatic heterocycles. The van der Waals surface area contributed by atoms with Crippen LogP contribution in [0.2, 0.25) is 0 Å². The predicted octanol–water partition coefficient (Wildman–Crippen LogP) is 6.65. The van der Waals surface area contributed by atoms with E-state index in [1.54, 1.807) is 51.8 Å². The van der Waals surface area contributed by atoms with Gasteiger partial charge in [-0.05, 0) is 60.7 Å². The maximum absolute atomic E-state index is 13.9. The molecule has 0 saturated carbocycles. The number of pyridine rings is 1. The number of nitriles is 1. The summed E-state index contributed by atoms with van der Waals surface area (Å²) < 4.78 is 94.9. The van der Waals surface area contributed by atoms with Crippen molar-refractivity contribution in [1.29, 1.82) is 5.26 Å². The van der Waals surface area contributed by atoms with Crippen molar-refractivity contribution in [3.05, 3.63) is 95.6 Å². The van der Waals surface area contributed by atoms with Crippen LogP contribution >= 0.6 is 0 Å². The Hall–Kier alpha value is -6.09. The summed E-state index contributed by atoms with van der Waals surface area (Å²) in [5, 5.41) is 13.5. The molecule has 1 unspecified atom stereocenters. The minimum absolute atomic E-state index is 0.0316. The van der Waals surface area contributed by atoms with Gasteiger partial charge in [0.15, 0.2) is 6.10 Å². The molecule has 1 aliphatic rings. The highest BCUT2D eigenvalue weighted by Crippen LogP contribution is 2.42. The molecule has 1 fully saturated rings. The van der Waals surface area contributed by atoms with Crippen LogP contribution in [0.3, 0.4) is 0 Å². The van der Waals surface area contributed by atoms with E-state index in [1.165, 1.54) is 44.4 Å². The number of halogens is 4. The van der Waals surface area contributed by atoms with Gasteiger partial charge in [-0.3, -0.25) is 18.4 Å². The fraction of sp³-hybridized carbons (Fsp3) is 0.231. The Morgan fingerprint density at radius 1 is 1.05 bits per heavy atom. The number of ether oxygens (including phenoxy) is 1. The third-order valence-corrected chi connectivity index (χ3v) is 11.1. The number of alkyl halides is 3. The van der Waals surface area contributed by atoms with Gasteiger partial charge >= 0.3 is 6.18 Å². The van der Waals surface area contributed by atoms with E-state index in [9.17, 15) is 36.0 Å². The zero-order valence-electron chi connectivity index (χ0n) is 30.0. The molecule has 4 aromatic heterocycles. The van der Waals surface area contributed by atoms with Crippen LogP contribution in [0.1, 0.15) is 21.7 Å². The quantitative estimate of drug-likeness (QED) is 0.176. The summed E-state index contributed by atoms with van der Waals surface area (Å²) in [4.78, 5) is 24.9. The van der Waals surface area contributed by atoms with Crippen molar-refractivity contribution in [3.63, 3.8) is 0 Å². The van der Waals surface area contributed by atoms with Gasteiger partial charge in [0.1, 0.15) is 28.5 Å². The third kappa shape index (κ3) is 6.34. The Labute approximate surface area is 316 Å². The number of carbonyl (C=O) groups is 1. The highest BCUT2D eigenvalue weighted by molar-refractivity contribution is 7.92. The minimum Gasteiger partial charge on any atom is -0.455 e. The molecule has 0 aliphatic carbocycles. The molecule has 1 atom stereocenters. The first-order valence-electron chi connectivity index (χ1n) is 17.2. The van der Waals surface area contributed by atoms with E-state index in [2.05, 4.69) is 11.4 Å². The van der Waals surface area contributed by atoms with Gasteiger partial charge in [0.05, 0.1) is 64.5 Å². The van der Waals surface area contributed by atoms with E-state index in [0.29, 0.717) is 61.0 Å². The van der Waals surface area contributed by atoms with Crippen LogP contribution in [0.25, 0.3) is 61.0 Å². The molecule has 0 bridgehead atoms. The van der Waals surface area contributed by atoms with Gasteiger partial charge in [-0.1, -0.05) is 6.07 Å². The molecule has 7 aromatic rings. The van der Waals surface area contributed by atoms with Gasteiger partial charge in [0, 0.05) is 55.2 Å². The number of rotatable bonds is 7. The molecular formula is C39H31F4N7O5S. The van der Waals surface area contributed by atoms with E-state index in [1.807, 2.05) is 0 Å². The lowest BCUT2D eigenvalue weighted by molar-refractivity contribution is -0.237. The van der Waals surface area contributed by atoms with E-state index in [-0.39, 0.29) is 42.3 Å². The average molecular weight is 786 g/mol. The molecule has 5 heterocycles. The number of sulfonamides is 1. The van der Waals surface area contributed by atoms with Crippen molar-refractivity contribution in [3.8, 4) is 28.7 Å². The van der Waals surface area contributed by atoms with Gasteiger partial charge in [-0.25, -0.2) is 22.8 Å². The predicted molar refractivity (Wildman–Crippen MR) is 201 cm³/mol. The second-order valence-corrected chi connectivity index (χ2v) is 15.4. The molecular weight excluding hydrogens is 755 g/mol. The number of nitrogens with zero attached hydrogens (tertiary/aromatic N) is 6. The van der Waals surface area contributed by atoms with Gasteiger partial charge in [0.2, 0.25) is 10.0 Å². The maximum Gasteiger partial charge on any atom is 0.415 e. The molecule has 1 saturated heterocycles. The number of nitrogens with one attached hydrogen (secondary N) is 1. The van der Waals surface area contributed by atoms with Crippen molar-refractivity contribution < 1.29 is 39.9 Å². The van der Waals surface area contributed by atoms with E-state index in [0.717, 1.165) is 10.6 Å². The first-order chi connectivity index (χ1) is 26.7. The summed E-state index contributed by atoms with van der Waals surface area (Å²) in [6.45, 7) is -0.237. The minimum atomic E-state index is -4.54. The first-order valence-corrected chi connectivity index (χ1v) is 19.1. The van der Waals surface area contributed by atoms with Crippen molar-refractivity contribution >= 4 is 60.0 Å². The smallest absolute Gasteiger partial charge is 0.415 e. The lowest BCUT2D eigenvalue weighted by atomic mass is 10.0. The number of benzene rings is 3. The molecule has 0 spiro atoms. The summed E-state index contributed by atoms with van der Waals surface area (Å²) in [7, 11) is -1.04. The van der Waals surface area contributed by atoms with Gasteiger partial charge in [-0.2, -0.15) is 18.4 Å². The Kier molecular flexibility index (Phi) is 8.94. The number of hydrogen-bond donors (Lipinski definition) is 1. The SMILES string of the molecule is CNC(=O)c1c(-c2ccc(F)cc2)oc2cc(N(C)S(C)(=O)=O)c(-c3ccc4nc(CN5CCOC(C(F)(F)F)C5)n5c6cccc(C#N)c6cc5c4n3)cc12. The molecule has 8 rings (SSSR count). The van der Waals surface area contributed by atoms with Crippen molar-refractivity contribution in [2.75, 3.05) is 44.4 Å². The van der Waals surface area contributed by atoms with Gasteiger partial charge in [-0.15, -0.1) is 0 Å². The van der Waals surface area contributed by atoms with Crippen LogP contribution in [0.15, 0.2) is 77.2 Å².